The number of hydrogen-bond donors (Lipinski definition) is 1. The molecule has 1 atom stereocenters. The second kappa shape index (κ2) is 5.27. The number of hydrogen-bond acceptors (Lipinski definition) is 6. The zero-order valence-electron chi connectivity index (χ0n) is 12.8. The minimum absolute atomic E-state index is 0.421. The van der Waals surface area contributed by atoms with E-state index in [-0.39, 0.29) is 0 Å². The lowest BCUT2D eigenvalue weighted by Gasteiger charge is -2.17. The highest BCUT2D eigenvalue weighted by atomic mass is 32.1. The number of thiophene rings is 1. The van der Waals surface area contributed by atoms with Gasteiger partial charge in [0.05, 0.1) is 28.0 Å². The molecule has 0 radical (unpaired) electrons. The first-order chi connectivity index (χ1) is 10.1. The molecule has 0 aliphatic carbocycles. The average molecular weight is 304 g/mol. The van der Waals surface area contributed by atoms with Crippen molar-refractivity contribution in [1.29, 1.82) is 0 Å². The van der Waals surface area contributed by atoms with E-state index in [1.165, 1.54) is 6.42 Å². The molecular formula is C15H20N4OS. The second-order valence-electron chi connectivity index (χ2n) is 5.39. The summed E-state index contributed by atoms with van der Waals surface area (Å²) < 4.78 is 5.52. The van der Waals surface area contributed by atoms with Crippen molar-refractivity contribution in [3.05, 3.63) is 17.1 Å². The largest absolute Gasteiger partial charge is 0.377 e. The van der Waals surface area contributed by atoms with Gasteiger partial charge < -0.3 is 15.0 Å². The number of aromatic nitrogens is 1. The van der Waals surface area contributed by atoms with E-state index in [0.717, 1.165) is 26.5 Å². The van der Waals surface area contributed by atoms with Gasteiger partial charge in [-0.05, 0) is 6.07 Å². The number of epoxide rings is 1. The zero-order valence-corrected chi connectivity index (χ0v) is 13.6. The Hall–Kier alpha value is -1.66. The Balaban J connectivity index is 0.000000409. The molecule has 0 saturated carbocycles. The van der Waals surface area contributed by atoms with Gasteiger partial charge in [-0.1, -0.05) is 20.3 Å². The van der Waals surface area contributed by atoms with Gasteiger partial charge in [0.25, 0.3) is 0 Å². The fourth-order valence-electron chi connectivity index (χ4n) is 2.33. The van der Waals surface area contributed by atoms with Gasteiger partial charge >= 0.3 is 0 Å². The van der Waals surface area contributed by atoms with Crippen LogP contribution in [0.5, 0.6) is 0 Å². The molecule has 2 aliphatic rings. The lowest BCUT2D eigenvalue weighted by atomic mass is 10.1. The SMILES string of the molecule is CCC.CN(C)c1ccnc2sc3c(c12)NC=NC31CO1. The number of fused-ring (bicyclic) bond motifs is 4. The van der Waals surface area contributed by atoms with Crippen molar-refractivity contribution in [3.63, 3.8) is 0 Å². The Bertz CT molecular complexity index is 688. The van der Waals surface area contributed by atoms with E-state index < -0.39 is 5.72 Å². The molecule has 6 heteroatoms. The van der Waals surface area contributed by atoms with Crippen molar-refractivity contribution in [2.24, 2.45) is 4.99 Å². The fraction of sp³-hybridized carbons (Fsp3) is 0.467. The van der Waals surface area contributed by atoms with E-state index in [1.807, 2.05) is 26.4 Å². The summed E-state index contributed by atoms with van der Waals surface area (Å²) in [6, 6.07) is 2.03. The molecule has 4 rings (SSSR count). The molecule has 1 N–H and O–H groups in total. The van der Waals surface area contributed by atoms with E-state index in [2.05, 4.69) is 34.0 Å². The first kappa shape index (κ1) is 14.3. The number of nitrogens with one attached hydrogen (secondary N) is 1. The van der Waals surface area contributed by atoms with Crippen molar-refractivity contribution in [2.75, 3.05) is 30.9 Å². The minimum Gasteiger partial charge on any atom is -0.377 e. The van der Waals surface area contributed by atoms with Gasteiger partial charge in [-0.3, -0.25) is 0 Å². The maximum absolute atomic E-state index is 5.52. The molecule has 2 aromatic heterocycles. The molecule has 1 saturated heterocycles. The Morgan fingerprint density at radius 3 is 2.76 bits per heavy atom. The number of anilines is 2. The number of ether oxygens (including phenoxy) is 1. The lowest BCUT2D eigenvalue weighted by Crippen LogP contribution is -2.15. The van der Waals surface area contributed by atoms with Crippen LogP contribution in [0.2, 0.25) is 0 Å². The smallest absolute Gasteiger partial charge is 0.221 e. The number of aliphatic imine (C=N–C) groups is 1. The van der Waals surface area contributed by atoms with Gasteiger partial charge in [0, 0.05) is 20.3 Å². The van der Waals surface area contributed by atoms with Crippen LogP contribution in [-0.4, -0.2) is 32.0 Å². The molecule has 1 fully saturated rings. The van der Waals surface area contributed by atoms with Crippen LogP contribution in [0.1, 0.15) is 25.1 Å². The van der Waals surface area contributed by atoms with E-state index in [1.54, 1.807) is 17.7 Å². The molecule has 0 aromatic carbocycles. The first-order valence-corrected chi connectivity index (χ1v) is 7.98. The molecule has 5 nitrogen and oxygen atoms in total. The molecule has 0 bridgehead atoms. The van der Waals surface area contributed by atoms with Crippen LogP contribution in [0.15, 0.2) is 17.3 Å². The molecule has 1 unspecified atom stereocenters. The van der Waals surface area contributed by atoms with Crippen LogP contribution < -0.4 is 10.2 Å². The molecular weight excluding hydrogens is 284 g/mol. The third-order valence-electron chi connectivity index (χ3n) is 3.31. The van der Waals surface area contributed by atoms with Gasteiger partial charge in [-0.15, -0.1) is 11.3 Å². The van der Waals surface area contributed by atoms with Gasteiger partial charge in [0.15, 0.2) is 0 Å². The fourth-order valence-corrected chi connectivity index (χ4v) is 3.53. The third-order valence-corrected chi connectivity index (χ3v) is 4.54. The van der Waals surface area contributed by atoms with Crippen LogP contribution in [0, 0.1) is 0 Å². The predicted molar refractivity (Wildman–Crippen MR) is 89.7 cm³/mol. The van der Waals surface area contributed by atoms with E-state index in [0.29, 0.717) is 6.61 Å². The van der Waals surface area contributed by atoms with Crippen LogP contribution in [0.4, 0.5) is 11.4 Å². The number of pyridine rings is 1. The molecule has 21 heavy (non-hydrogen) atoms. The quantitative estimate of drug-likeness (QED) is 0.820. The number of nitrogens with zero attached hydrogens (tertiary/aromatic N) is 3. The van der Waals surface area contributed by atoms with Crippen LogP contribution in [-0.2, 0) is 10.5 Å². The Morgan fingerprint density at radius 2 is 2.14 bits per heavy atom. The second-order valence-corrected chi connectivity index (χ2v) is 6.39. The van der Waals surface area contributed by atoms with Gasteiger partial charge in [0.1, 0.15) is 11.4 Å². The van der Waals surface area contributed by atoms with Gasteiger partial charge in [-0.2, -0.15) is 0 Å². The van der Waals surface area contributed by atoms with Crippen molar-refractivity contribution in [2.45, 2.75) is 26.0 Å². The highest BCUT2D eigenvalue weighted by molar-refractivity contribution is 7.19. The minimum atomic E-state index is -0.421. The summed E-state index contributed by atoms with van der Waals surface area (Å²) in [6.07, 6.45) is 4.83. The van der Waals surface area contributed by atoms with E-state index in [9.17, 15) is 0 Å². The van der Waals surface area contributed by atoms with Crippen molar-refractivity contribution in [1.82, 2.24) is 4.98 Å². The molecule has 4 heterocycles. The van der Waals surface area contributed by atoms with Crippen LogP contribution >= 0.6 is 11.3 Å². The van der Waals surface area contributed by atoms with Gasteiger partial charge in [0.2, 0.25) is 5.72 Å². The third kappa shape index (κ3) is 2.28. The maximum Gasteiger partial charge on any atom is 0.221 e. The zero-order chi connectivity index (χ0) is 15.0. The van der Waals surface area contributed by atoms with Gasteiger partial charge in [-0.25, -0.2) is 9.98 Å². The molecule has 2 aliphatic heterocycles. The van der Waals surface area contributed by atoms with Crippen molar-refractivity contribution in [3.8, 4) is 0 Å². The molecule has 1 spiro atoms. The normalized spacial score (nSPS) is 21.5. The molecule has 112 valence electrons. The summed E-state index contributed by atoms with van der Waals surface area (Å²) in [4.78, 5) is 13.1. The molecule has 0 amide bonds. The molecule has 2 aromatic rings. The highest BCUT2D eigenvalue weighted by Crippen LogP contribution is 2.52. The monoisotopic (exact) mass is 304 g/mol. The predicted octanol–water partition coefficient (Wildman–Crippen LogP) is 3.42. The summed E-state index contributed by atoms with van der Waals surface area (Å²) >= 11 is 1.66. The summed E-state index contributed by atoms with van der Waals surface area (Å²) in [5.41, 5.74) is 1.84. The lowest BCUT2D eigenvalue weighted by molar-refractivity contribution is 0.323. The Labute approximate surface area is 128 Å². The van der Waals surface area contributed by atoms with Crippen molar-refractivity contribution < 1.29 is 4.74 Å². The Morgan fingerprint density at radius 1 is 1.43 bits per heavy atom. The first-order valence-electron chi connectivity index (χ1n) is 7.16. The average Bonchev–Trinajstić information content (AvgIpc) is 3.11. The summed E-state index contributed by atoms with van der Waals surface area (Å²) in [6.45, 7) is 4.92. The Kier molecular flexibility index (Phi) is 3.59. The topological polar surface area (TPSA) is 53.1 Å². The van der Waals surface area contributed by atoms with E-state index >= 15 is 0 Å². The van der Waals surface area contributed by atoms with Crippen LogP contribution in [0.25, 0.3) is 10.2 Å². The highest BCUT2D eigenvalue weighted by Gasteiger charge is 2.51. The maximum atomic E-state index is 5.52. The number of rotatable bonds is 1. The summed E-state index contributed by atoms with van der Waals surface area (Å²) in [5.74, 6) is 0. The summed E-state index contributed by atoms with van der Waals surface area (Å²) in [7, 11) is 4.08. The van der Waals surface area contributed by atoms with Crippen LogP contribution in [0.3, 0.4) is 0 Å². The standard InChI is InChI=1S/C12H12N4OS.C3H8/c1-16(2)7-3-4-13-11-8(7)9-10(18-11)12(5-17-12)15-6-14-9;1-3-2/h3-4,6H,5H2,1-2H3,(H,14,15);3H2,1-2H3. The van der Waals surface area contributed by atoms with E-state index in [4.69, 9.17) is 4.74 Å². The van der Waals surface area contributed by atoms with Crippen molar-refractivity contribution >= 4 is 39.3 Å². The summed E-state index contributed by atoms with van der Waals surface area (Å²) in [5, 5.41) is 4.40.